The van der Waals surface area contributed by atoms with Crippen LogP contribution < -0.4 is 10.2 Å². The van der Waals surface area contributed by atoms with Gasteiger partial charge in [-0.15, -0.1) is 0 Å². The molecule has 0 aliphatic carbocycles. The fourth-order valence-electron chi connectivity index (χ4n) is 6.67. The van der Waals surface area contributed by atoms with Gasteiger partial charge in [-0.1, -0.05) is 67.6 Å². The van der Waals surface area contributed by atoms with E-state index in [9.17, 15) is 9.90 Å². The normalized spacial score (nSPS) is 21.1. The van der Waals surface area contributed by atoms with Crippen LogP contribution in [0.25, 0.3) is 11.1 Å². The lowest BCUT2D eigenvalue weighted by atomic mass is 9.89. The number of pyridine rings is 1. The molecule has 2 aliphatic heterocycles. The Morgan fingerprint density at radius 3 is 2.32 bits per heavy atom. The van der Waals surface area contributed by atoms with E-state index in [4.69, 9.17) is 9.47 Å². The third kappa shape index (κ3) is 7.90. The molecule has 0 saturated carbocycles. The lowest BCUT2D eigenvalue weighted by Crippen LogP contribution is -2.51. The SMILES string of the molecule is C[C@@H]1[C@H](CN2CCN(c3ncccn3)CC2)O[C@H](c2cccc(-c3cccc(CNC(=O)c4cccnc4)c3)c2)O[C@@H]1c1ccc(CO)cc1. The molecule has 5 aromatic rings. The van der Waals surface area contributed by atoms with Crippen molar-refractivity contribution in [1.29, 1.82) is 0 Å². The molecule has 2 aromatic heterocycles. The van der Waals surface area contributed by atoms with Crippen LogP contribution in [-0.2, 0) is 22.6 Å². The molecule has 0 spiro atoms. The third-order valence-corrected chi connectivity index (χ3v) is 9.56. The molecular weight excluding hydrogens is 628 g/mol. The van der Waals surface area contributed by atoms with Gasteiger partial charge in [-0.25, -0.2) is 9.97 Å². The van der Waals surface area contributed by atoms with E-state index in [0.717, 1.165) is 72.1 Å². The number of ether oxygens (including phenoxy) is 2. The highest BCUT2D eigenvalue weighted by atomic mass is 16.7. The number of nitrogens with one attached hydrogen (secondary N) is 1. The highest BCUT2D eigenvalue weighted by molar-refractivity contribution is 5.93. The predicted molar refractivity (Wildman–Crippen MR) is 191 cm³/mol. The van der Waals surface area contributed by atoms with Crippen molar-refractivity contribution in [2.75, 3.05) is 37.6 Å². The predicted octanol–water partition coefficient (Wildman–Crippen LogP) is 5.57. The van der Waals surface area contributed by atoms with Gasteiger partial charge in [0.15, 0.2) is 6.29 Å². The Labute approximate surface area is 292 Å². The molecule has 10 nitrogen and oxygen atoms in total. The van der Waals surface area contributed by atoms with Crippen molar-refractivity contribution >= 4 is 11.9 Å². The Hall–Kier alpha value is -5.00. The van der Waals surface area contributed by atoms with E-state index >= 15 is 0 Å². The average Bonchev–Trinajstić information content (AvgIpc) is 3.19. The summed E-state index contributed by atoms with van der Waals surface area (Å²) in [5.74, 6) is 0.700. The monoisotopic (exact) mass is 670 g/mol. The van der Waals surface area contributed by atoms with Crippen LogP contribution in [0.3, 0.4) is 0 Å². The van der Waals surface area contributed by atoms with Crippen molar-refractivity contribution in [1.82, 2.24) is 25.2 Å². The fourth-order valence-corrected chi connectivity index (χ4v) is 6.67. The van der Waals surface area contributed by atoms with Crippen LogP contribution in [0.2, 0.25) is 0 Å². The quantitative estimate of drug-likeness (QED) is 0.197. The van der Waals surface area contributed by atoms with Gasteiger partial charge in [0.05, 0.1) is 24.4 Å². The first-order chi connectivity index (χ1) is 24.5. The van der Waals surface area contributed by atoms with Crippen LogP contribution in [0, 0.1) is 5.92 Å². The smallest absolute Gasteiger partial charge is 0.253 e. The lowest BCUT2D eigenvalue weighted by molar-refractivity contribution is -0.276. The molecule has 3 aromatic carbocycles. The van der Waals surface area contributed by atoms with Gasteiger partial charge in [-0.2, -0.15) is 0 Å². The summed E-state index contributed by atoms with van der Waals surface area (Å²) in [5.41, 5.74) is 6.48. The first-order valence-electron chi connectivity index (χ1n) is 17.2. The van der Waals surface area contributed by atoms with E-state index in [0.29, 0.717) is 12.1 Å². The number of aliphatic hydroxyl groups is 1. The summed E-state index contributed by atoms with van der Waals surface area (Å²) >= 11 is 0. The van der Waals surface area contributed by atoms with Crippen molar-refractivity contribution in [2.24, 2.45) is 5.92 Å². The Morgan fingerprint density at radius 1 is 0.820 bits per heavy atom. The zero-order valence-corrected chi connectivity index (χ0v) is 28.1. The zero-order chi connectivity index (χ0) is 34.3. The Bertz CT molecular complexity index is 1850. The van der Waals surface area contributed by atoms with E-state index in [1.54, 1.807) is 36.9 Å². The summed E-state index contributed by atoms with van der Waals surface area (Å²) in [6, 6.07) is 29.9. The van der Waals surface area contributed by atoms with Gasteiger partial charge < -0.3 is 24.8 Å². The lowest BCUT2D eigenvalue weighted by Gasteiger charge is -2.44. The Morgan fingerprint density at radius 2 is 1.58 bits per heavy atom. The van der Waals surface area contributed by atoms with E-state index in [1.165, 1.54) is 0 Å². The molecule has 256 valence electrons. The Kier molecular flexibility index (Phi) is 10.5. The van der Waals surface area contributed by atoms with E-state index in [1.807, 2.05) is 36.4 Å². The standard InChI is InChI=1S/C40H42N6O4/c1-28-36(26-45-18-20-46(21-19-45)40-42-16-5-17-43-40)49-39(50-37(28)31-13-11-29(27-47)12-14-31)34-9-3-8-33(23-34)32-7-2-6-30(22-32)24-44-38(48)35-10-4-15-41-25-35/h2-17,22-23,25,28,36-37,39,47H,18-21,24,26-27H2,1H3,(H,44,48)/t28-,36+,37+,39+/m1/s1. The topological polar surface area (TPSA) is 113 Å². The molecule has 7 rings (SSSR count). The minimum Gasteiger partial charge on any atom is -0.392 e. The molecule has 1 amide bonds. The highest BCUT2D eigenvalue weighted by Crippen LogP contribution is 2.42. The zero-order valence-electron chi connectivity index (χ0n) is 28.1. The second kappa shape index (κ2) is 15.7. The Balaban J connectivity index is 1.08. The highest BCUT2D eigenvalue weighted by Gasteiger charge is 2.39. The molecule has 2 saturated heterocycles. The van der Waals surface area contributed by atoms with Crippen LogP contribution >= 0.6 is 0 Å². The number of anilines is 1. The molecule has 0 bridgehead atoms. The number of benzene rings is 3. The van der Waals surface area contributed by atoms with Crippen LogP contribution in [-0.4, -0.2) is 69.7 Å². The molecule has 2 aliphatic rings. The molecule has 4 heterocycles. The van der Waals surface area contributed by atoms with Gasteiger partial charge in [0.25, 0.3) is 5.91 Å². The van der Waals surface area contributed by atoms with E-state index in [-0.39, 0.29) is 30.6 Å². The molecule has 0 unspecified atom stereocenters. The van der Waals surface area contributed by atoms with Crippen molar-refractivity contribution in [3.63, 3.8) is 0 Å². The number of nitrogens with zero attached hydrogens (tertiary/aromatic N) is 5. The second-order valence-corrected chi connectivity index (χ2v) is 12.9. The molecular formula is C40H42N6O4. The second-order valence-electron chi connectivity index (χ2n) is 12.9. The van der Waals surface area contributed by atoms with Gasteiger partial charge in [0.2, 0.25) is 5.95 Å². The molecule has 4 atom stereocenters. The van der Waals surface area contributed by atoms with E-state index in [2.05, 4.69) is 79.5 Å². The van der Waals surface area contributed by atoms with Crippen molar-refractivity contribution in [3.8, 4) is 11.1 Å². The number of piperazine rings is 1. The van der Waals surface area contributed by atoms with Crippen LogP contribution in [0.1, 0.15) is 51.9 Å². The number of carbonyl (C=O) groups excluding carboxylic acids is 1. The van der Waals surface area contributed by atoms with Crippen LogP contribution in [0.4, 0.5) is 5.95 Å². The maximum absolute atomic E-state index is 12.6. The van der Waals surface area contributed by atoms with Crippen molar-refractivity contribution < 1.29 is 19.4 Å². The average molecular weight is 671 g/mol. The summed E-state index contributed by atoms with van der Waals surface area (Å²) in [5, 5.41) is 12.6. The van der Waals surface area contributed by atoms with Crippen molar-refractivity contribution in [3.05, 3.63) is 144 Å². The maximum atomic E-state index is 12.6. The first-order valence-corrected chi connectivity index (χ1v) is 17.2. The van der Waals surface area contributed by atoms with E-state index < -0.39 is 6.29 Å². The number of amides is 1. The molecule has 2 fully saturated rings. The minimum atomic E-state index is -0.570. The summed E-state index contributed by atoms with van der Waals surface area (Å²) in [4.78, 5) is 30.2. The maximum Gasteiger partial charge on any atom is 0.253 e. The number of rotatable bonds is 10. The van der Waals surface area contributed by atoms with Gasteiger partial charge in [0, 0.05) is 75.5 Å². The number of carbonyl (C=O) groups is 1. The summed E-state index contributed by atoms with van der Waals surface area (Å²) in [6.45, 7) is 6.87. The van der Waals surface area contributed by atoms with Gasteiger partial charge in [-0.3, -0.25) is 14.7 Å². The van der Waals surface area contributed by atoms with Gasteiger partial charge in [0.1, 0.15) is 0 Å². The number of hydrogen-bond acceptors (Lipinski definition) is 9. The minimum absolute atomic E-state index is 0.000582. The van der Waals surface area contributed by atoms with Crippen molar-refractivity contribution in [2.45, 2.75) is 38.6 Å². The fraction of sp³-hybridized carbons (Fsp3) is 0.300. The first kappa shape index (κ1) is 33.5. The summed E-state index contributed by atoms with van der Waals surface area (Å²) < 4.78 is 13.6. The van der Waals surface area contributed by atoms with Gasteiger partial charge in [-0.05, 0) is 58.1 Å². The third-order valence-electron chi connectivity index (χ3n) is 9.56. The summed E-state index contributed by atoms with van der Waals surface area (Å²) in [7, 11) is 0. The number of aromatic nitrogens is 3. The van der Waals surface area contributed by atoms with Gasteiger partial charge >= 0.3 is 0 Å². The molecule has 2 N–H and O–H groups in total. The largest absolute Gasteiger partial charge is 0.392 e. The van der Waals surface area contributed by atoms with Crippen LogP contribution in [0.15, 0.2) is 116 Å². The molecule has 50 heavy (non-hydrogen) atoms. The molecule has 10 heteroatoms. The number of hydrogen-bond donors (Lipinski definition) is 2. The van der Waals surface area contributed by atoms with Crippen LogP contribution in [0.5, 0.6) is 0 Å². The summed E-state index contributed by atoms with van der Waals surface area (Å²) in [6.07, 6.45) is 5.95. The number of aliphatic hydroxyl groups excluding tert-OH is 1. The molecule has 0 radical (unpaired) electrons.